The van der Waals surface area contributed by atoms with Crippen LogP contribution in [0.5, 0.6) is 5.75 Å². The highest BCUT2D eigenvalue weighted by Crippen LogP contribution is 2.19. The normalized spacial score (nSPS) is 17.1. The van der Waals surface area contributed by atoms with E-state index in [0.29, 0.717) is 19.6 Å². The smallest absolute Gasteiger partial charge is 0.222 e. The Hall–Kier alpha value is -1.59. The summed E-state index contributed by atoms with van der Waals surface area (Å²) in [6, 6.07) is 6.08. The van der Waals surface area contributed by atoms with Gasteiger partial charge in [-0.3, -0.25) is 9.69 Å². The lowest BCUT2D eigenvalue weighted by Gasteiger charge is -2.35. The van der Waals surface area contributed by atoms with Crippen LogP contribution in [-0.2, 0) is 4.79 Å². The van der Waals surface area contributed by atoms with E-state index >= 15 is 0 Å². The van der Waals surface area contributed by atoms with Gasteiger partial charge in [-0.15, -0.1) is 0 Å². The quantitative estimate of drug-likeness (QED) is 0.865. The number of rotatable bonds is 6. The van der Waals surface area contributed by atoms with Crippen molar-refractivity contribution < 1.29 is 14.6 Å². The van der Waals surface area contributed by atoms with Crippen molar-refractivity contribution >= 4 is 5.91 Å². The van der Waals surface area contributed by atoms with Crippen LogP contribution < -0.4 is 4.74 Å². The minimum Gasteiger partial charge on any atom is -0.491 e. The molecule has 1 aliphatic heterocycles. The number of hydrogen-bond acceptors (Lipinski definition) is 4. The predicted molar refractivity (Wildman–Crippen MR) is 90.7 cm³/mol. The first-order valence-corrected chi connectivity index (χ1v) is 8.38. The van der Waals surface area contributed by atoms with Crippen LogP contribution in [0.2, 0.25) is 0 Å². The molecule has 5 heteroatoms. The number of nitrogens with zero attached hydrogens (tertiary/aromatic N) is 2. The Balaban J connectivity index is 1.74. The van der Waals surface area contributed by atoms with Crippen molar-refractivity contribution in [3.8, 4) is 5.75 Å². The van der Waals surface area contributed by atoms with Crippen LogP contribution in [0.25, 0.3) is 0 Å². The fraction of sp³-hybridized carbons (Fsp3) is 0.611. The van der Waals surface area contributed by atoms with Crippen molar-refractivity contribution in [2.45, 2.75) is 33.3 Å². The molecule has 0 saturated carbocycles. The summed E-state index contributed by atoms with van der Waals surface area (Å²) in [4.78, 5) is 15.7. The van der Waals surface area contributed by atoms with E-state index in [2.05, 4.69) is 11.0 Å². The number of aliphatic hydroxyl groups is 1. The number of hydrogen-bond donors (Lipinski definition) is 1. The Morgan fingerprint density at radius 2 is 1.96 bits per heavy atom. The van der Waals surface area contributed by atoms with E-state index in [1.54, 1.807) is 0 Å². The average Bonchev–Trinajstić information content (AvgIpc) is 2.55. The molecule has 0 radical (unpaired) electrons. The van der Waals surface area contributed by atoms with Crippen LogP contribution in [0, 0.1) is 13.8 Å². The number of ether oxygens (including phenoxy) is 1. The van der Waals surface area contributed by atoms with Gasteiger partial charge in [0.1, 0.15) is 18.5 Å². The maximum absolute atomic E-state index is 11.7. The van der Waals surface area contributed by atoms with Gasteiger partial charge in [-0.2, -0.15) is 0 Å². The number of carbonyl (C=O) groups is 1. The van der Waals surface area contributed by atoms with Gasteiger partial charge in [-0.1, -0.05) is 19.1 Å². The lowest BCUT2D eigenvalue weighted by molar-refractivity contribution is -0.132. The molecular formula is C18H28N2O3. The van der Waals surface area contributed by atoms with Gasteiger partial charge < -0.3 is 14.7 Å². The lowest BCUT2D eigenvalue weighted by Crippen LogP contribution is -2.50. The van der Waals surface area contributed by atoms with Crippen LogP contribution in [0.4, 0.5) is 0 Å². The molecule has 5 nitrogen and oxygen atoms in total. The summed E-state index contributed by atoms with van der Waals surface area (Å²) in [5.74, 6) is 1.05. The van der Waals surface area contributed by atoms with Crippen LogP contribution in [0.1, 0.15) is 24.5 Å². The molecule has 128 valence electrons. The van der Waals surface area contributed by atoms with Crippen molar-refractivity contribution in [2.24, 2.45) is 0 Å². The molecule has 1 atom stereocenters. The molecule has 1 aliphatic rings. The average molecular weight is 320 g/mol. The Kier molecular flexibility index (Phi) is 6.42. The van der Waals surface area contributed by atoms with E-state index in [1.165, 1.54) is 0 Å². The summed E-state index contributed by atoms with van der Waals surface area (Å²) in [6.07, 6.45) is 0.0371. The van der Waals surface area contributed by atoms with Gasteiger partial charge in [0.05, 0.1) is 0 Å². The number of benzene rings is 1. The monoisotopic (exact) mass is 320 g/mol. The molecule has 1 aromatic rings. The van der Waals surface area contributed by atoms with Crippen molar-refractivity contribution in [3.63, 3.8) is 0 Å². The van der Waals surface area contributed by atoms with E-state index in [0.717, 1.165) is 43.1 Å². The van der Waals surface area contributed by atoms with Gasteiger partial charge in [0, 0.05) is 39.1 Å². The van der Waals surface area contributed by atoms with E-state index < -0.39 is 6.10 Å². The predicted octanol–water partition coefficient (Wildman–Crippen LogP) is 1.60. The second kappa shape index (κ2) is 8.31. The van der Waals surface area contributed by atoms with Crippen LogP contribution in [-0.4, -0.2) is 66.2 Å². The van der Waals surface area contributed by atoms with E-state index in [-0.39, 0.29) is 5.91 Å². The number of carbonyl (C=O) groups excluding carboxylic acids is 1. The van der Waals surface area contributed by atoms with Gasteiger partial charge in [0.2, 0.25) is 5.91 Å². The molecule has 1 saturated heterocycles. The second-order valence-corrected chi connectivity index (χ2v) is 6.27. The summed E-state index contributed by atoms with van der Waals surface area (Å²) in [6.45, 7) is 9.92. The van der Waals surface area contributed by atoms with Crippen LogP contribution >= 0.6 is 0 Å². The van der Waals surface area contributed by atoms with E-state index in [9.17, 15) is 9.90 Å². The fourth-order valence-corrected chi connectivity index (χ4v) is 2.80. The van der Waals surface area contributed by atoms with Gasteiger partial charge >= 0.3 is 0 Å². The number of piperazine rings is 1. The Morgan fingerprint density at radius 1 is 1.26 bits per heavy atom. The molecule has 0 bridgehead atoms. The third-order valence-corrected chi connectivity index (χ3v) is 4.27. The highest BCUT2D eigenvalue weighted by molar-refractivity contribution is 5.75. The zero-order valence-electron chi connectivity index (χ0n) is 14.4. The summed E-state index contributed by atoms with van der Waals surface area (Å²) in [5, 5.41) is 10.2. The molecule has 1 unspecified atom stereocenters. The number of β-amino-alcohol motifs (C(OH)–C–C–N with tert-alkyl or cyclic N) is 1. The van der Waals surface area contributed by atoms with Crippen LogP contribution in [0.3, 0.4) is 0 Å². The van der Waals surface area contributed by atoms with E-state index in [4.69, 9.17) is 4.74 Å². The largest absolute Gasteiger partial charge is 0.491 e. The third kappa shape index (κ3) is 5.22. The Morgan fingerprint density at radius 3 is 2.61 bits per heavy atom. The highest BCUT2D eigenvalue weighted by atomic mass is 16.5. The highest BCUT2D eigenvalue weighted by Gasteiger charge is 2.21. The molecule has 1 amide bonds. The van der Waals surface area contributed by atoms with Gasteiger partial charge in [0.15, 0.2) is 0 Å². The molecule has 23 heavy (non-hydrogen) atoms. The SMILES string of the molecule is CCC(=O)N1CCN(CC(O)COc2cc(C)ccc2C)CC1. The van der Waals surface area contributed by atoms with Gasteiger partial charge in [0.25, 0.3) is 0 Å². The summed E-state index contributed by atoms with van der Waals surface area (Å²) in [7, 11) is 0. The maximum atomic E-state index is 11.7. The summed E-state index contributed by atoms with van der Waals surface area (Å²) < 4.78 is 5.76. The molecule has 0 aliphatic carbocycles. The minimum atomic E-state index is -0.525. The van der Waals surface area contributed by atoms with Gasteiger partial charge in [-0.25, -0.2) is 0 Å². The summed E-state index contributed by atoms with van der Waals surface area (Å²) >= 11 is 0. The van der Waals surface area contributed by atoms with E-state index in [1.807, 2.05) is 37.8 Å². The summed E-state index contributed by atoms with van der Waals surface area (Å²) in [5.41, 5.74) is 2.23. The molecule has 0 spiro atoms. The second-order valence-electron chi connectivity index (χ2n) is 6.27. The molecule has 1 fully saturated rings. The first-order chi connectivity index (χ1) is 11.0. The zero-order valence-corrected chi connectivity index (χ0v) is 14.4. The zero-order chi connectivity index (χ0) is 16.8. The van der Waals surface area contributed by atoms with Crippen molar-refractivity contribution in [1.29, 1.82) is 0 Å². The molecule has 2 rings (SSSR count). The van der Waals surface area contributed by atoms with Crippen molar-refractivity contribution in [1.82, 2.24) is 9.80 Å². The Labute approximate surface area is 138 Å². The molecular weight excluding hydrogens is 292 g/mol. The molecule has 1 N–H and O–H groups in total. The first kappa shape index (κ1) is 17.8. The van der Waals surface area contributed by atoms with Gasteiger partial charge in [-0.05, 0) is 31.0 Å². The number of aryl methyl sites for hydroxylation is 2. The molecule has 1 aromatic carbocycles. The third-order valence-electron chi connectivity index (χ3n) is 4.27. The topological polar surface area (TPSA) is 53.0 Å². The van der Waals surface area contributed by atoms with Crippen molar-refractivity contribution in [3.05, 3.63) is 29.3 Å². The lowest BCUT2D eigenvalue weighted by atomic mass is 10.1. The fourth-order valence-electron chi connectivity index (χ4n) is 2.80. The number of aliphatic hydroxyl groups excluding tert-OH is 1. The number of amides is 1. The molecule has 1 heterocycles. The Bertz CT molecular complexity index is 525. The standard InChI is InChI=1S/C18H28N2O3/c1-4-18(22)20-9-7-19(8-10-20)12-16(21)13-23-17-11-14(2)5-6-15(17)3/h5-6,11,16,21H,4,7-10,12-13H2,1-3H3. The first-order valence-electron chi connectivity index (χ1n) is 8.38. The van der Waals surface area contributed by atoms with Crippen LogP contribution in [0.15, 0.2) is 18.2 Å². The minimum absolute atomic E-state index is 0.212. The maximum Gasteiger partial charge on any atom is 0.222 e. The van der Waals surface area contributed by atoms with Crippen molar-refractivity contribution in [2.75, 3.05) is 39.3 Å². The molecule has 0 aromatic heterocycles.